The van der Waals surface area contributed by atoms with Gasteiger partial charge in [-0.2, -0.15) is 0 Å². The minimum atomic E-state index is -5.20. The summed E-state index contributed by atoms with van der Waals surface area (Å²) in [6.45, 7) is -0.673. The van der Waals surface area contributed by atoms with Crippen molar-refractivity contribution in [2.75, 3.05) is 45.9 Å². The van der Waals surface area contributed by atoms with Crippen LogP contribution >= 0.6 is 0 Å². The molecule has 5 atom stereocenters. The second-order valence-corrected chi connectivity index (χ2v) is 29.8. The van der Waals surface area contributed by atoms with Crippen molar-refractivity contribution in [3.8, 4) is 11.5 Å². The Hall–Kier alpha value is -4.79. The van der Waals surface area contributed by atoms with E-state index in [0.717, 1.165) is 71.8 Å². The van der Waals surface area contributed by atoms with Gasteiger partial charge in [0.15, 0.2) is 13.2 Å². The molecule has 15 N–H and O–H groups in total. The van der Waals surface area contributed by atoms with E-state index < -0.39 is 127 Å². The number of amides is 7. The molecule has 0 aliphatic heterocycles. The van der Waals surface area contributed by atoms with E-state index in [1.807, 2.05) is 60.7 Å². The SMILES string of the molecule is N[C@@H](CCCCNC(=O)[C@H](CCCCNC(=O)COc1cc(S(=O)(=O)[O-])cc2cc(S(=O)(=O)[O-])ccc12)NC(=O)COc1cc(S(=O)(=O)[O-])cc2cc(S(=O)(=O)[O-])ccc12)C(=O)NCCCC[C@H](N)C(=O)NCCCC[C@H](N)C(=O)NCCCC[C@H](N)C(=O)NC(c1ccccc1)c1ccccc1.[Na+].[Na+].[Na+].[Na+]. The van der Waals surface area contributed by atoms with E-state index in [9.17, 15) is 85.4 Å². The van der Waals surface area contributed by atoms with Crippen LogP contribution in [0.25, 0.3) is 21.5 Å². The summed E-state index contributed by atoms with van der Waals surface area (Å²) in [6, 6.07) is 23.4. The zero-order chi connectivity index (χ0) is 75.5. The summed E-state index contributed by atoms with van der Waals surface area (Å²) in [7, 11) is -20.3. The summed E-state index contributed by atoms with van der Waals surface area (Å²) >= 11 is 0. The standard InChI is InChI=1S/C67H89N11O21S4.4Na/c68-53(63(81)73-31-12-8-22-54(69)64(82)75-33-14-10-24-56(71)66(84)78-62(43-17-3-1-4-18-43)44-19-5-2-6-20-44)21-7-13-32-74-65(83)55(70)23-9-15-34-76-67(85)57(77-61(80)42-99-59-40-50(103(95,96)97)38-46-36-48(101(89,90)91)27-29-52(46)59)25-11-16-30-72-60(79)41-98-58-39-49(102(92,93)94)37-45-35-47(100(86,87)88)26-28-51(45)58;;;;/h1-6,17-20,26-29,35-40,53-57,62H,7-16,21-25,30-34,41-42,68-71H2,(H,72,79)(H,73,81)(H,74,83)(H,75,82)(H,76,85)(H,77,80)(H,78,84)(H,86,87,88)(H,89,90,91)(H,92,93,94)(H,95,96,97);;;;/q;4*+1/p-4/t53-,54-,55-,56-,57-;;;;/m0..../s1. The molecule has 0 aliphatic rings. The van der Waals surface area contributed by atoms with Crippen molar-refractivity contribution in [3.05, 3.63) is 132 Å². The molecule has 0 heterocycles. The number of hydrogen-bond acceptors (Lipinski definition) is 25. The monoisotopic (exact) mass is 1600 g/mol. The summed E-state index contributed by atoms with van der Waals surface area (Å²) in [5.41, 5.74) is 26.5. The molecule has 6 rings (SSSR count). The molecule has 0 bridgehead atoms. The average Bonchev–Trinajstić information content (AvgIpc) is 0.784. The fourth-order valence-electron chi connectivity index (χ4n) is 10.7. The van der Waals surface area contributed by atoms with Gasteiger partial charge >= 0.3 is 118 Å². The Morgan fingerprint density at radius 1 is 0.346 bits per heavy atom. The molecule has 7 amide bonds. The third-order valence-corrected chi connectivity index (χ3v) is 19.6. The van der Waals surface area contributed by atoms with E-state index in [-0.39, 0.29) is 220 Å². The molecule has 0 saturated heterocycles. The van der Waals surface area contributed by atoms with Gasteiger partial charge in [-0.1, -0.05) is 60.7 Å². The number of fused-ring (bicyclic) bond motifs is 2. The van der Waals surface area contributed by atoms with Crippen LogP contribution in [0.4, 0.5) is 0 Å². The smallest absolute Gasteiger partial charge is 0.744 e. The van der Waals surface area contributed by atoms with Crippen LogP contribution in [0.1, 0.15) is 113 Å². The summed E-state index contributed by atoms with van der Waals surface area (Å²) in [4.78, 5) is 88.0. The van der Waals surface area contributed by atoms with Crippen LogP contribution in [0, 0.1) is 0 Å². The van der Waals surface area contributed by atoms with Crippen LogP contribution in [-0.2, 0) is 74.0 Å². The first kappa shape index (κ1) is 98.3. The van der Waals surface area contributed by atoms with Crippen molar-refractivity contribution < 1.29 is 213 Å². The van der Waals surface area contributed by atoms with Crippen molar-refractivity contribution >= 4 is 103 Å². The first-order valence-corrected chi connectivity index (χ1v) is 38.7. The molecule has 6 aromatic carbocycles. The molecule has 0 radical (unpaired) electrons. The van der Waals surface area contributed by atoms with Crippen LogP contribution in [0.5, 0.6) is 11.5 Å². The Labute approximate surface area is 710 Å². The molecule has 0 unspecified atom stereocenters. The number of benzene rings is 6. The van der Waals surface area contributed by atoms with Crippen molar-refractivity contribution in [3.63, 3.8) is 0 Å². The maximum absolute atomic E-state index is 13.6. The summed E-state index contributed by atoms with van der Waals surface area (Å²) in [5.74, 6) is -4.39. The summed E-state index contributed by atoms with van der Waals surface area (Å²) in [6.07, 6.45) is 5.65. The van der Waals surface area contributed by atoms with Gasteiger partial charge in [0.2, 0.25) is 29.5 Å². The zero-order valence-electron chi connectivity index (χ0n) is 60.1. The van der Waals surface area contributed by atoms with Crippen molar-refractivity contribution in [1.82, 2.24) is 37.2 Å². The zero-order valence-corrected chi connectivity index (χ0v) is 71.3. The minimum Gasteiger partial charge on any atom is -0.744 e. The van der Waals surface area contributed by atoms with E-state index in [2.05, 4.69) is 37.2 Å². The minimum absolute atomic E-state index is 0. The third-order valence-electron chi connectivity index (χ3n) is 16.3. The molecular formula is C67H85N11Na4O21S4. The van der Waals surface area contributed by atoms with Gasteiger partial charge < -0.3 is 87.8 Å². The molecule has 32 nitrogen and oxygen atoms in total. The van der Waals surface area contributed by atoms with Crippen LogP contribution in [0.3, 0.4) is 0 Å². The third kappa shape index (κ3) is 34.0. The Kier molecular flexibility index (Phi) is 44.3. The summed E-state index contributed by atoms with van der Waals surface area (Å²) in [5, 5.41) is 18.9. The van der Waals surface area contributed by atoms with E-state index >= 15 is 0 Å². The molecule has 0 spiro atoms. The predicted octanol–water partition coefficient (Wildman–Crippen LogP) is -10.8. The number of rotatable bonds is 44. The van der Waals surface area contributed by atoms with Crippen molar-refractivity contribution in [2.24, 2.45) is 22.9 Å². The van der Waals surface area contributed by atoms with Gasteiger partial charge in [-0.25, -0.2) is 33.7 Å². The molecule has 6 aromatic rings. The maximum Gasteiger partial charge on any atom is 1.00 e. The van der Waals surface area contributed by atoms with E-state index in [4.69, 9.17) is 32.4 Å². The largest absolute Gasteiger partial charge is 1.00 e. The number of unbranched alkanes of at least 4 members (excludes halogenated alkanes) is 5. The molecular weight excluding hydrogens is 1520 g/mol. The number of carbonyl (C=O) groups is 7. The van der Waals surface area contributed by atoms with Crippen LogP contribution in [-0.4, -0.2) is 169 Å². The van der Waals surface area contributed by atoms with Gasteiger partial charge in [0.25, 0.3) is 11.8 Å². The number of hydrogen-bond donors (Lipinski definition) is 11. The Morgan fingerprint density at radius 2 is 0.654 bits per heavy atom. The van der Waals surface area contributed by atoms with Crippen LogP contribution < -0.4 is 188 Å². The molecule has 0 fully saturated rings. The molecule has 0 aromatic heterocycles. The first-order valence-electron chi connectivity index (χ1n) is 33.0. The average molecular weight is 1600 g/mol. The Morgan fingerprint density at radius 3 is 1.01 bits per heavy atom. The van der Waals surface area contributed by atoms with E-state index in [0.29, 0.717) is 83.7 Å². The number of ether oxygens (including phenoxy) is 2. The van der Waals surface area contributed by atoms with E-state index in [1.165, 1.54) is 0 Å². The van der Waals surface area contributed by atoms with Gasteiger partial charge in [0, 0.05) is 43.5 Å². The van der Waals surface area contributed by atoms with Gasteiger partial charge in [0.05, 0.1) is 49.8 Å². The molecule has 107 heavy (non-hydrogen) atoms. The number of nitrogens with two attached hydrogens (primary N) is 4. The predicted molar refractivity (Wildman–Crippen MR) is 372 cm³/mol. The topological polar surface area (TPSA) is 555 Å². The van der Waals surface area contributed by atoms with Gasteiger partial charge in [0.1, 0.15) is 58.0 Å². The summed E-state index contributed by atoms with van der Waals surface area (Å²) < 4.78 is 153. The second-order valence-electron chi connectivity index (χ2n) is 24.3. The Balaban J connectivity index is 0.00000972. The second kappa shape index (κ2) is 48.2. The van der Waals surface area contributed by atoms with Gasteiger partial charge in [-0.05, 0) is 179 Å². The maximum atomic E-state index is 13.6. The van der Waals surface area contributed by atoms with Crippen LogP contribution in [0.2, 0.25) is 0 Å². The fourth-order valence-corrected chi connectivity index (χ4v) is 12.8. The molecule has 0 aliphatic carbocycles. The van der Waals surface area contributed by atoms with Gasteiger partial charge in [-0.15, -0.1) is 0 Å². The quantitative estimate of drug-likeness (QED) is 0.00961. The van der Waals surface area contributed by atoms with Crippen molar-refractivity contribution in [1.29, 1.82) is 0 Å². The molecule has 0 saturated carbocycles. The fraction of sp³-hybridized carbons (Fsp3) is 0.418. The van der Waals surface area contributed by atoms with Gasteiger partial charge in [-0.3, -0.25) is 33.6 Å². The van der Waals surface area contributed by atoms with Crippen LogP contribution in [0.15, 0.2) is 141 Å². The Bertz CT molecular complexity index is 4370. The number of carbonyl (C=O) groups excluding carboxylic acids is 7. The number of nitrogens with one attached hydrogen (secondary N) is 7. The normalized spacial score (nSPS) is 12.9. The van der Waals surface area contributed by atoms with E-state index in [1.54, 1.807) is 0 Å². The first-order chi connectivity index (χ1) is 48.7. The molecule has 562 valence electrons. The molecule has 40 heteroatoms. The van der Waals surface area contributed by atoms with Crippen molar-refractivity contribution in [2.45, 2.75) is 152 Å².